The molecule has 1 rings (SSSR count). The average molecular weight is 298 g/mol. The van der Waals surface area contributed by atoms with Crippen LogP contribution in [0.3, 0.4) is 0 Å². The highest BCUT2D eigenvalue weighted by molar-refractivity contribution is 6.29. The third-order valence-electron chi connectivity index (χ3n) is 1.69. The topological polar surface area (TPSA) is 64.1 Å². The molecular weight excluding hydrogens is 287 g/mol. The summed E-state index contributed by atoms with van der Waals surface area (Å²) in [6.45, 7) is 4.72. The number of nitrogens with one attached hydrogen (secondary N) is 1. The van der Waals surface area contributed by atoms with Gasteiger partial charge in [0.2, 0.25) is 0 Å². The number of hydrogen-bond acceptors (Lipinski definition) is 4. The van der Waals surface area contributed by atoms with E-state index < -0.39 is 34.4 Å². The van der Waals surface area contributed by atoms with Gasteiger partial charge in [-0.1, -0.05) is 11.6 Å². The van der Waals surface area contributed by atoms with Crippen molar-refractivity contribution in [1.29, 1.82) is 0 Å². The van der Waals surface area contributed by atoms with E-state index in [1.54, 1.807) is 20.8 Å². The van der Waals surface area contributed by atoms with E-state index in [2.05, 4.69) is 10.2 Å². The van der Waals surface area contributed by atoms with E-state index >= 15 is 0 Å². The molecule has 1 aromatic rings. The van der Waals surface area contributed by atoms with Crippen molar-refractivity contribution in [3.05, 3.63) is 16.8 Å². The van der Waals surface area contributed by atoms with Crippen LogP contribution >= 0.6 is 11.6 Å². The van der Waals surface area contributed by atoms with E-state index in [9.17, 15) is 18.0 Å². The van der Waals surface area contributed by atoms with Gasteiger partial charge in [0.1, 0.15) is 11.2 Å². The Hall–Kier alpha value is -1.57. The Morgan fingerprint density at radius 2 is 1.89 bits per heavy atom. The molecule has 0 spiro atoms. The molecule has 9 heteroatoms. The van der Waals surface area contributed by atoms with Crippen LogP contribution in [0.1, 0.15) is 26.3 Å². The Morgan fingerprint density at radius 1 is 1.32 bits per heavy atom. The number of halogens is 4. The Balaban J connectivity index is 2.99. The first-order valence-electron chi connectivity index (χ1n) is 5.09. The normalized spacial score (nSPS) is 12.2. The molecule has 0 aliphatic rings. The summed E-state index contributed by atoms with van der Waals surface area (Å²) in [4.78, 5) is 11.4. The third kappa shape index (κ3) is 4.90. The highest BCUT2D eigenvalue weighted by atomic mass is 35.5. The van der Waals surface area contributed by atoms with Crippen molar-refractivity contribution in [3.63, 3.8) is 0 Å². The quantitative estimate of drug-likeness (QED) is 0.861. The van der Waals surface area contributed by atoms with Gasteiger partial charge in [0, 0.05) is 0 Å². The van der Waals surface area contributed by atoms with Gasteiger partial charge in [-0.05, 0) is 26.8 Å². The molecule has 0 aliphatic heterocycles. The van der Waals surface area contributed by atoms with Gasteiger partial charge in [-0.15, -0.1) is 10.2 Å². The Kier molecular flexibility index (Phi) is 4.24. The highest BCUT2D eigenvalue weighted by Crippen LogP contribution is 2.34. The van der Waals surface area contributed by atoms with Crippen molar-refractivity contribution in [2.45, 2.75) is 32.5 Å². The van der Waals surface area contributed by atoms with E-state index in [4.69, 9.17) is 16.3 Å². The Bertz CT molecular complexity index is 486. The summed E-state index contributed by atoms with van der Waals surface area (Å²) >= 11 is 5.35. The molecule has 0 saturated carbocycles. The zero-order valence-electron chi connectivity index (χ0n) is 10.3. The third-order valence-corrected chi connectivity index (χ3v) is 1.87. The SMILES string of the molecule is CC(C)(C)OC(=O)Nc1nnc(Cl)cc1C(F)(F)F. The first-order valence-corrected chi connectivity index (χ1v) is 5.47. The van der Waals surface area contributed by atoms with E-state index in [-0.39, 0.29) is 0 Å². The van der Waals surface area contributed by atoms with Gasteiger partial charge in [0.15, 0.2) is 11.0 Å². The second-order valence-corrected chi connectivity index (χ2v) is 4.94. The minimum atomic E-state index is -4.72. The van der Waals surface area contributed by atoms with Crippen LogP contribution in [0.25, 0.3) is 0 Å². The minimum absolute atomic E-state index is 0.429. The monoisotopic (exact) mass is 297 g/mol. The van der Waals surface area contributed by atoms with Gasteiger partial charge in [0.25, 0.3) is 0 Å². The largest absolute Gasteiger partial charge is 0.444 e. The molecule has 1 amide bonds. The number of amides is 1. The van der Waals surface area contributed by atoms with E-state index in [1.807, 2.05) is 5.32 Å². The van der Waals surface area contributed by atoms with Gasteiger partial charge < -0.3 is 4.74 Å². The lowest BCUT2D eigenvalue weighted by atomic mass is 10.2. The second kappa shape index (κ2) is 5.20. The lowest BCUT2D eigenvalue weighted by Crippen LogP contribution is -2.28. The number of alkyl halides is 3. The molecule has 0 saturated heterocycles. The number of nitrogens with zero attached hydrogens (tertiary/aromatic N) is 2. The molecule has 0 radical (unpaired) electrons. The van der Waals surface area contributed by atoms with Crippen molar-refractivity contribution in [1.82, 2.24) is 10.2 Å². The molecule has 0 bridgehead atoms. The van der Waals surface area contributed by atoms with Crippen LogP contribution in [0.5, 0.6) is 0 Å². The number of carbonyl (C=O) groups excluding carboxylic acids is 1. The molecule has 1 heterocycles. The molecule has 5 nitrogen and oxygen atoms in total. The van der Waals surface area contributed by atoms with Crippen molar-refractivity contribution < 1.29 is 22.7 Å². The molecule has 0 atom stereocenters. The van der Waals surface area contributed by atoms with Gasteiger partial charge >= 0.3 is 12.3 Å². The lowest BCUT2D eigenvalue weighted by molar-refractivity contribution is -0.137. The van der Waals surface area contributed by atoms with Crippen LogP contribution < -0.4 is 5.32 Å². The maximum atomic E-state index is 12.7. The summed E-state index contributed by atoms with van der Waals surface area (Å²) in [6, 6.07) is 0.571. The van der Waals surface area contributed by atoms with Crippen LogP contribution in [-0.4, -0.2) is 21.9 Å². The van der Waals surface area contributed by atoms with E-state index in [1.165, 1.54) is 0 Å². The number of carbonyl (C=O) groups is 1. The minimum Gasteiger partial charge on any atom is -0.444 e. The molecule has 106 valence electrons. The molecular formula is C10H11ClF3N3O2. The number of ether oxygens (including phenoxy) is 1. The highest BCUT2D eigenvalue weighted by Gasteiger charge is 2.36. The van der Waals surface area contributed by atoms with E-state index in [0.717, 1.165) is 0 Å². The van der Waals surface area contributed by atoms with Gasteiger partial charge in [-0.2, -0.15) is 13.2 Å². The van der Waals surface area contributed by atoms with Crippen LogP contribution in [-0.2, 0) is 10.9 Å². The summed E-state index contributed by atoms with van der Waals surface area (Å²) in [5, 5.41) is 7.91. The van der Waals surface area contributed by atoms with Crippen molar-refractivity contribution in [2.75, 3.05) is 5.32 Å². The predicted octanol–water partition coefficient (Wildman–Crippen LogP) is 3.50. The molecule has 0 aromatic carbocycles. The zero-order chi connectivity index (χ0) is 14.8. The maximum Gasteiger partial charge on any atom is 0.420 e. The number of hydrogen-bond donors (Lipinski definition) is 1. The first kappa shape index (κ1) is 15.5. The van der Waals surface area contributed by atoms with Crippen molar-refractivity contribution >= 4 is 23.5 Å². The Morgan fingerprint density at radius 3 is 2.37 bits per heavy atom. The Labute approximate surface area is 112 Å². The smallest absolute Gasteiger partial charge is 0.420 e. The maximum absolute atomic E-state index is 12.7. The summed E-state index contributed by atoms with van der Waals surface area (Å²) in [7, 11) is 0. The molecule has 1 aromatic heterocycles. The fraction of sp³-hybridized carbons (Fsp3) is 0.500. The molecule has 19 heavy (non-hydrogen) atoms. The van der Waals surface area contributed by atoms with Crippen LogP contribution in [0.15, 0.2) is 6.07 Å². The van der Waals surface area contributed by atoms with Crippen molar-refractivity contribution in [2.24, 2.45) is 0 Å². The average Bonchev–Trinajstić information content (AvgIpc) is 2.16. The first-order chi connectivity index (χ1) is 8.49. The predicted molar refractivity (Wildman–Crippen MR) is 61.9 cm³/mol. The molecule has 0 unspecified atom stereocenters. The fourth-order valence-electron chi connectivity index (χ4n) is 1.08. The molecule has 1 N–H and O–H groups in total. The summed E-state index contributed by atoms with van der Waals surface area (Å²) in [5.74, 6) is -0.758. The number of rotatable bonds is 1. The van der Waals surface area contributed by atoms with Crippen LogP contribution in [0, 0.1) is 0 Å². The van der Waals surface area contributed by atoms with Gasteiger partial charge in [-0.3, -0.25) is 5.32 Å². The zero-order valence-corrected chi connectivity index (χ0v) is 11.1. The van der Waals surface area contributed by atoms with Gasteiger partial charge in [0.05, 0.1) is 0 Å². The lowest BCUT2D eigenvalue weighted by Gasteiger charge is -2.20. The summed E-state index contributed by atoms with van der Waals surface area (Å²) < 4.78 is 42.9. The van der Waals surface area contributed by atoms with Crippen LogP contribution in [0.4, 0.5) is 23.8 Å². The number of anilines is 1. The standard InChI is InChI=1S/C10H11ClF3N3O2/c1-9(2,3)19-8(18)15-7-5(10(12,13)14)4-6(11)16-17-7/h4H,1-3H3,(H,15,17,18). The molecule has 0 aliphatic carbocycles. The fourth-order valence-corrected chi connectivity index (χ4v) is 1.22. The van der Waals surface area contributed by atoms with Gasteiger partial charge in [-0.25, -0.2) is 4.79 Å². The van der Waals surface area contributed by atoms with E-state index in [0.29, 0.717) is 6.07 Å². The van der Waals surface area contributed by atoms with Crippen LogP contribution in [0.2, 0.25) is 5.15 Å². The molecule has 0 fully saturated rings. The van der Waals surface area contributed by atoms with Crippen molar-refractivity contribution in [3.8, 4) is 0 Å². The number of aromatic nitrogens is 2. The summed E-state index contributed by atoms with van der Waals surface area (Å²) in [6.07, 6.45) is -5.78. The second-order valence-electron chi connectivity index (χ2n) is 4.55. The summed E-state index contributed by atoms with van der Waals surface area (Å²) in [5.41, 5.74) is -2.04.